The number of hydrogen-bond acceptors (Lipinski definition) is 3. The minimum absolute atomic E-state index is 0.0339. The summed E-state index contributed by atoms with van der Waals surface area (Å²) in [6.45, 7) is 4.76. The smallest absolute Gasteiger partial charge is 0.272 e. The highest BCUT2D eigenvalue weighted by atomic mass is 35.5. The van der Waals surface area contributed by atoms with Crippen LogP contribution in [0.25, 0.3) is 5.57 Å². The Labute approximate surface area is 123 Å². The van der Waals surface area contributed by atoms with Crippen LogP contribution in [0.5, 0.6) is 5.75 Å². The summed E-state index contributed by atoms with van der Waals surface area (Å²) in [7, 11) is 1.42. The van der Waals surface area contributed by atoms with Crippen molar-refractivity contribution in [2.45, 2.75) is 13.8 Å². The maximum atomic E-state index is 12.0. The Hall–Kier alpha value is -1.81. The lowest BCUT2D eigenvalue weighted by molar-refractivity contribution is -0.134. The fourth-order valence-electron chi connectivity index (χ4n) is 1.84. The normalized spacial score (nSPS) is 15.6. The van der Waals surface area contributed by atoms with Gasteiger partial charge in [0.1, 0.15) is 10.8 Å². The van der Waals surface area contributed by atoms with E-state index >= 15 is 0 Å². The molecule has 0 radical (unpaired) electrons. The number of hydrogen-bond donors (Lipinski definition) is 0. The number of nitrogens with zero attached hydrogens (tertiary/aromatic N) is 1. The minimum atomic E-state index is -0.466. The van der Waals surface area contributed by atoms with Gasteiger partial charge in [-0.15, -0.1) is 0 Å². The maximum Gasteiger partial charge on any atom is 0.272 e. The Morgan fingerprint density at radius 1 is 1.15 bits per heavy atom. The Morgan fingerprint density at radius 3 is 2.20 bits per heavy atom. The van der Waals surface area contributed by atoms with Crippen LogP contribution < -0.4 is 4.74 Å². The van der Waals surface area contributed by atoms with Crippen LogP contribution in [0.3, 0.4) is 0 Å². The van der Waals surface area contributed by atoms with Crippen molar-refractivity contribution in [2.75, 3.05) is 13.7 Å². The molecule has 0 N–H and O–H groups in total. The summed E-state index contributed by atoms with van der Waals surface area (Å²) in [5.41, 5.74) is 0.865. The van der Waals surface area contributed by atoms with Gasteiger partial charge >= 0.3 is 0 Å². The minimum Gasteiger partial charge on any atom is -0.493 e. The van der Waals surface area contributed by atoms with Crippen molar-refractivity contribution in [1.82, 2.24) is 4.90 Å². The van der Waals surface area contributed by atoms with E-state index in [4.69, 9.17) is 16.3 Å². The molecule has 5 heteroatoms. The number of rotatable bonds is 4. The van der Waals surface area contributed by atoms with Gasteiger partial charge in [0.25, 0.3) is 11.8 Å². The molecule has 20 heavy (non-hydrogen) atoms. The zero-order valence-electron chi connectivity index (χ0n) is 11.6. The third-order valence-electron chi connectivity index (χ3n) is 2.96. The van der Waals surface area contributed by atoms with Gasteiger partial charge in [-0.3, -0.25) is 14.5 Å². The quantitative estimate of drug-likeness (QED) is 0.802. The summed E-state index contributed by atoms with van der Waals surface area (Å²) in [5.74, 6) is 0.321. The number of imide groups is 1. The van der Waals surface area contributed by atoms with Crippen LogP contribution in [0.2, 0.25) is 0 Å². The summed E-state index contributed by atoms with van der Waals surface area (Å²) in [4.78, 5) is 24.6. The largest absolute Gasteiger partial charge is 0.493 e. The van der Waals surface area contributed by atoms with Gasteiger partial charge in [-0.25, -0.2) is 0 Å². The molecule has 1 aliphatic rings. The third-order valence-corrected chi connectivity index (χ3v) is 3.31. The van der Waals surface area contributed by atoms with Crippen LogP contribution in [0.4, 0.5) is 0 Å². The molecule has 0 fully saturated rings. The first-order chi connectivity index (χ1) is 9.41. The van der Waals surface area contributed by atoms with Crippen molar-refractivity contribution in [3.8, 4) is 5.75 Å². The highest BCUT2D eigenvalue weighted by Gasteiger charge is 2.35. The molecule has 2 amide bonds. The number of ether oxygens (including phenoxy) is 1. The average Bonchev–Trinajstić information content (AvgIpc) is 2.62. The van der Waals surface area contributed by atoms with Gasteiger partial charge in [-0.05, 0) is 23.6 Å². The summed E-state index contributed by atoms with van der Waals surface area (Å²) in [6, 6.07) is 7.01. The van der Waals surface area contributed by atoms with E-state index in [1.165, 1.54) is 7.05 Å². The highest BCUT2D eigenvalue weighted by molar-refractivity contribution is 6.55. The molecule has 0 bridgehead atoms. The number of amides is 2. The van der Waals surface area contributed by atoms with Crippen LogP contribution in [0.15, 0.2) is 29.3 Å². The second-order valence-electron chi connectivity index (χ2n) is 5.09. The molecular formula is C15H16ClNO3. The Kier molecular flexibility index (Phi) is 4.14. The molecular weight excluding hydrogens is 278 g/mol. The summed E-state index contributed by atoms with van der Waals surface area (Å²) >= 11 is 5.93. The summed E-state index contributed by atoms with van der Waals surface area (Å²) in [6.07, 6.45) is 0. The molecule has 0 unspecified atom stereocenters. The summed E-state index contributed by atoms with van der Waals surface area (Å²) in [5, 5.41) is -0.0339. The maximum absolute atomic E-state index is 12.0. The number of benzene rings is 1. The van der Waals surface area contributed by atoms with E-state index < -0.39 is 5.91 Å². The molecule has 0 aromatic heterocycles. The number of carbonyl (C=O) groups excluding carboxylic acids is 2. The van der Waals surface area contributed by atoms with Crippen LogP contribution in [0, 0.1) is 5.92 Å². The summed E-state index contributed by atoms with van der Waals surface area (Å²) < 4.78 is 5.57. The molecule has 0 aliphatic carbocycles. The van der Waals surface area contributed by atoms with E-state index in [2.05, 4.69) is 13.8 Å². The fourth-order valence-corrected chi connectivity index (χ4v) is 2.16. The molecule has 1 aliphatic heterocycles. The van der Waals surface area contributed by atoms with Gasteiger partial charge in [0, 0.05) is 7.05 Å². The van der Waals surface area contributed by atoms with Crippen molar-refractivity contribution in [2.24, 2.45) is 5.92 Å². The first-order valence-corrected chi connectivity index (χ1v) is 6.75. The molecule has 4 nitrogen and oxygen atoms in total. The second-order valence-corrected chi connectivity index (χ2v) is 5.47. The Balaban J connectivity index is 2.22. The molecule has 1 aromatic rings. The topological polar surface area (TPSA) is 46.6 Å². The van der Waals surface area contributed by atoms with E-state index in [-0.39, 0.29) is 16.5 Å². The second kappa shape index (κ2) is 5.67. The molecule has 0 atom stereocenters. The van der Waals surface area contributed by atoms with E-state index in [0.717, 1.165) is 10.6 Å². The number of halogens is 1. The van der Waals surface area contributed by atoms with Gasteiger partial charge < -0.3 is 4.74 Å². The molecule has 2 rings (SSSR count). The van der Waals surface area contributed by atoms with Gasteiger partial charge in [-0.1, -0.05) is 37.6 Å². The first-order valence-electron chi connectivity index (χ1n) is 6.37. The molecule has 1 heterocycles. The predicted octanol–water partition coefficient (Wildman–Crippen LogP) is 2.67. The van der Waals surface area contributed by atoms with Gasteiger partial charge in [-0.2, -0.15) is 0 Å². The fraction of sp³-hybridized carbons (Fsp3) is 0.333. The zero-order valence-corrected chi connectivity index (χ0v) is 12.4. The van der Waals surface area contributed by atoms with Crippen molar-refractivity contribution in [1.29, 1.82) is 0 Å². The lowest BCUT2D eigenvalue weighted by Gasteiger charge is -2.10. The van der Waals surface area contributed by atoms with E-state index in [1.54, 1.807) is 24.3 Å². The van der Waals surface area contributed by atoms with Crippen molar-refractivity contribution < 1.29 is 14.3 Å². The van der Waals surface area contributed by atoms with E-state index in [1.807, 2.05) is 0 Å². The standard InChI is InChI=1S/C15H16ClNO3/c1-9(2)8-20-11-6-4-10(5-7-11)12-13(16)15(19)17(3)14(12)18/h4-7,9H,8H2,1-3H3. The van der Waals surface area contributed by atoms with Crippen LogP contribution in [0.1, 0.15) is 19.4 Å². The molecule has 106 valence electrons. The molecule has 0 saturated heterocycles. The Morgan fingerprint density at radius 2 is 1.75 bits per heavy atom. The highest BCUT2D eigenvalue weighted by Crippen LogP contribution is 2.31. The van der Waals surface area contributed by atoms with Crippen LogP contribution in [-0.2, 0) is 9.59 Å². The monoisotopic (exact) mass is 293 g/mol. The molecule has 0 spiro atoms. The average molecular weight is 294 g/mol. The van der Waals surface area contributed by atoms with Crippen LogP contribution >= 0.6 is 11.6 Å². The van der Waals surface area contributed by atoms with Crippen LogP contribution in [-0.4, -0.2) is 30.4 Å². The first kappa shape index (κ1) is 14.6. The van der Waals surface area contributed by atoms with Gasteiger partial charge in [0.2, 0.25) is 0 Å². The Bertz CT molecular complexity index is 575. The van der Waals surface area contributed by atoms with E-state index in [0.29, 0.717) is 18.1 Å². The molecule has 1 aromatic carbocycles. The van der Waals surface area contributed by atoms with Crippen molar-refractivity contribution in [3.63, 3.8) is 0 Å². The van der Waals surface area contributed by atoms with Gasteiger partial charge in [0.05, 0.1) is 12.2 Å². The number of carbonyl (C=O) groups is 2. The lowest BCUT2D eigenvalue weighted by Crippen LogP contribution is -2.26. The predicted molar refractivity (Wildman–Crippen MR) is 77.3 cm³/mol. The van der Waals surface area contributed by atoms with E-state index in [9.17, 15) is 9.59 Å². The lowest BCUT2D eigenvalue weighted by atomic mass is 10.1. The zero-order chi connectivity index (χ0) is 14.9. The van der Waals surface area contributed by atoms with Crippen molar-refractivity contribution >= 4 is 29.0 Å². The van der Waals surface area contributed by atoms with Gasteiger partial charge in [0.15, 0.2) is 0 Å². The van der Waals surface area contributed by atoms with Crippen molar-refractivity contribution in [3.05, 3.63) is 34.9 Å². The molecule has 0 saturated carbocycles. The number of likely N-dealkylation sites (N-methyl/N-ethyl adjacent to an activating group) is 1. The SMILES string of the molecule is CC(C)COc1ccc(C2=C(Cl)C(=O)N(C)C2=O)cc1. The third kappa shape index (κ3) is 2.70.